The van der Waals surface area contributed by atoms with Crippen molar-refractivity contribution in [2.24, 2.45) is 0 Å². The summed E-state index contributed by atoms with van der Waals surface area (Å²) in [5, 5.41) is 0. The van der Waals surface area contributed by atoms with E-state index < -0.39 is 11.5 Å². The van der Waals surface area contributed by atoms with Gasteiger partial charge in [0.1, 0.15) is 17.8 Å². The summed E-state index contributed by atoms with van der Waals surface area (Å²) in [6, 6.07) is 19.1. The number of methoxy groups -OCH3 is 3. The van der Waals surface area contributed by atoms with Crippen molar-refractivity contribution >= 4 is 17.9 Å². The number of rotatable bonds is 10. The van der Waals surface area contributed by atoms with Crippen molar-refractivity contribution in [1.29, 1.82) is 0 Å². The van der Waals surface area contributed by atoms with Gasteiger partial charge in [-0.15, -0.1) is 0 Å². The maximum Gasteiger partial charge on any atom is 0.347 e. The SMILES string of the molecule is C=Cc1cc(C)c(-n2cnc(N(Cc3ccc(OC)cc3)Cc3ccc(OC)cc3)c(C(=O)OC)c2=O)c(C)c1.CC. The molecule has 3 aromatic carbocycles. The van der Waals surface area contributed by atoms with Crippen LogP contribution in [0.15, 0.2) is 78.4 Å². The third-order valence-corrected chi connectivity index (χ3v) is 6.70. The molecule has 0 unspecified atom stereocenters. The van der Waals surface area contributed by atoms with Gasteiger partial charge >= 0.3 is 5.97 Å². The predicted octanol–water partition coefficient (Wildman–Crippen LogP) is 6.53. The second-order valence-electron chi connectivity index (χ2n) is 9.37. The molecule has 0 saturated heterocycles. The van der Waals surface area contributed by atoms with Crippen molar-refractivity contribution in [2.75, 3.05) is 26.2 Å². The predicted molar refractivity (Wildman–Crippen MR) is 168 cm³/mol. The number of benzene rings is 3. The summed E-state index contributed by atoms with van der Waals surface area (Å²) >= 11 is 0. The van der Waals surface area contributed by atoms with Crippen LogP contribution in [0.2, 0.25) is 0 Å². The first-order chi connectivity index (χ1) is 20.3. The lowest BCUT2D eigenvalue weighted by Crippen LogP contribution is -2.33. The molecule has 0 aliphatic rings. The number of carbonyl (C=O) groups is 1. The summed E-state index contributed by atoms with van der Waals surface area (Å²) < 4.78 is 17.1. The van der Waals surface area contributed by atoms with Crippen LogP contribution in [0.5, 0.6) is 11.5 Å². The molecule has 0 atom stereocenters. The lowest BCUT2D eigenvalue weighted by atomic mass is 10.0. The van der Waals surface area contributed by atoms with Gasteiger partial charge in [-0.1, -0.05) is 50.8 Å². The van der Waals surface area contributed by atoms with Crippen LogP contribution in [0.25, 0.3) is 11.8 Å². The zero-order valence-corrected chi connectivity index (χ0v) is 25.4. The second-order valence-corrected chi connectivity index (χ2v) is 9.37. The third-order valence-electron chi connectivity index (χ3n) is 6.70. The zero-order valence-electron chi connectivity index (χ0n) is 25.4. The van der Waals surface area contributed by atoms with Gasteiger partial charge in [0.05, 0.1) is 27.0 Å². The Labute approximate surface area is 247 Å². The summed E-state index contributed by atoms with van der Waals surface area (Å²) in [7, 11) is 4.48. The molecular weight excluding hydrogens is 530 g/mol. The lowest BCUT2D eigenvalue weighted by Gasteiger charge is -2.26. The standard InChI is InChI=1S/C32H33N3O5.C2H6/c1-7-23-16-21(2)29(22(3)17-23)35-20-33-30(28(31(35)36)32(37)40-6)34(18-24-8-12-26(38-4)13-9-24)19-25-10-14-27(39-5)15-11-25;1-2/h7-17,20H,1,18-19H2,2-6H3;1-2H3. The van der Waals surface area contributed by atoms with E-state index in [0.717, 1.165) is 39.3 Å². The van der Waals surface area contributed by atoms with Crippen LogP contribution in [0, 0.1) is 13.8 Å². The highest BCUT2D eigenvalue weighted by molar-refractivity contribution is 5.94. The Morgan fingerprint density at radius 3 is 1.76 bits per heavy atom. The van der Waals surface area contributed by atoms with Crippen LogP contribution in [0.3, 0.4) is 0 Å². The zero-order chi connectivity index (χ0) is 30.8. The summed E-state index contributed by atoms with van der Waals surface area (Å²) in [5.41, 5.74) is 4.56. The van der Waals surface area contributed by atoms with Crippen LogP contribution in [-0.2, 0) is 17.8 Å². The van der Waals surface area contributed by atoms with E-state index in [1.807, 2.05) is 93.3 Å². The Morgan fingerprint density at radius 2 is 1.36 bits per heavy atom. The fraction of sp³-hybridized carbons (Fsp3) is 0.265. The average molecular weight is 570 g/mol. The number of carbonyl (C=O) groups excluding carboxylic acids is 1. The quantitative estimate of drug-likeness (QED) is 0.201. The van der Waals surface area contributed by atoms with E-state index in [-0.39, 0.29) is 11.4 Å². The van der Waals surface area contributed by atoms with Gasteiger partial charge in [0.25, 0.3) is 5.56 Å². The van der Waals surface area contributed by atoms with E-state index in [1.165, 1.54) is 18.0 Å². The molecule has 0 amide bonds. The van der Waals surface area contributed by atoms with Gasteiger partial charge in [-0.3, -0.25) is 9.36 Å². The van der Waals surface area contributed by atoms with Crippen molar-refractivity contribution in [3.8, 4) is 17.2 Å². The van der Waals surface area contributed by atoms with Gasteiger partial charge < -0.3 is 19.1 Å². The van der Waals surface area contributed by atoms with Crippen molar-refractivity contribution < 1.29 is 19.0 Å². The highest BCUT2D eigenvalue weighted by atomic mass is 16.5. The minimum atomic E-state index is -0.755. The summed E-state index contributed by atoms with van der Waals surface area (Å²) in [5.74, 6) is 0.941. The molecule has 8 heteroatoms. The van der Waals surface area contributed by atoms with Crippen LogP contribution < -0.4 is 19.9 Å². The van der Waals surface area contributed by atoms with Crippen LogP contribution in [0.4, 0.5) is 5.82 Å². The Hall–Kier alpha value is -4.85. The molecule has 0 saturated carbocycles. The number of anilines is 1. The minimum absolute atomic E-state index is 0.140. The molecule has 0 aliphatic heterocycles. The van der Waals surface area contributed by atoms with E-state index in [0.29, 0.717) is 18.8 Å². The van der Waals surface area contributed by atoms with E-state index in [1.54, 1.807) is 20.3 Å². The first-order valence-corrected chi connectivity index (χ1v) is 13.7. The van der Waals surface area contributed by atoms with Crippen LogP contribution in [0.1, 0.15) is 52.0 Å². The van der Waals surface area contributed by atoms with Gasteiger partial charge in [-0.05, 0) is 78.1 Å². The van der Waals surface area contributed by atoms with Gasteiger partial charge in [0, 0.05) is 13.1 Å². The van der Waals surface area contributed by atoms with E-state index in [2.05, 4.69) is 11.6 Å². The Morgan fingerprint density at radius 1 is 0.881 bits per heavy atom. The third kappa shape index (κ3) is 7.07. The monoisotopic (exact) mass is 569 g/mol. The largest absolute Gasteiger partial charge is 0.497 e. The smallest absolute Gasteiger partial charge is 0.347 e. The number of hydrogen-bond donors (Lipinski definition) is 0. The molecule has 42 heavy (non-hydrogen) atoms. The molecule has 0 spiro atoms. The molecular formula is C34H39N3O5. The second kappa shape index (κ2) is 14.7. The van der Waals surface area contributed by atoms with E-state index >= 15 is 0 Å². The molecule has 4 rings (SSSR count). The number of aryl methyl sites for hydroxylation is 2. The number of aromatic nitrogens is 2. The minimum Gasteiger partial charge on any atom is -0.497 e. The molecule has 0 N–H and O–H groups in total. The van der Waals surface area contributed by atoms with Crippen LogP contribution in [-0.4, -0.2) is 36.8 Å². The molecule has 220 valence electrons. The number of ether oxygens (including phenoxy) is 3. The fourth-order valence-electron chi connectivity index (χ4n) is 4.72. The first-order valence-electron chi connectivity index (χ1n) is 13.7. The van der Waals surface area contributed by atoms with Crippen molar-refractivity contribution in [3.63, 3.8) is 0 Å². The highest BCUT2D eigenvalue weighted by Crippen LogP contribution is 2.26. The molecule has 0 radical (unpaired) electrons. The van der Waals surface area contributed by atoms with Gasteiger partial charge in [-0.2, -0.15) is 0 Å². The van der Waals surface area contributed by atoms with Gasteiger partial charge in [0.15, 0.2) is 11.4 Å². The molecule has 0 aliphatic carbocycles. The molecule has 8 nitrogen and oxygen atoms in total. The Bertz CT molecular complexity index is 1500. The fourth-order valence-corrected chi connectivity index (χ4v) is 4.72. The number of hydrogen-bond acceptors (Lipinski definition) is 7. The Balaban J connectivity index is 0.00000237. The molecule has 0 fully saturated rings. The van der Waals surface area contributed by atoms with Gasteiger partial charge in [0.2, 0.25) is 0 Å². The average Bonchev–Trinajstić information content (AvgIpc) is 3.02. The maximum atomic E-state index is 14.0. The number of nitrogens with zero attached hydrogens (tertiary/aromatic N) is 3. The summed E-state index contributed by atoms with van der Waals surface area (Å²) in [6.45, 7) is 12.4. The lowest BCUT2D eigenvalue weighted by molar-refractivity contribution is 0.0598. The van der Waals surface area contributed by atoms with Crippen molar-refractivity contribution in [3.05, 3.63) is 117 Å². The molecule has 1 heterocycles. The van der Waals surface area contributed by atoms with Crippen LogP contribution >= 0.6 is 0 Å². The van der Waals surface area contributed by atoms with Gasteiger partial charge in [-0.25, -0.2) is 9.78 Å². The topological polar surface area (TPSA) is 82.9 Å². The molecule has 1 aromatic heterocycles. The van der Waals surface area contributed by atoms with Crippen molar-refractivity contribution in [2.45, 2.75) is 40.8 Å². The molecule has 0 bridgehead atoms. The highest BCUT2D eigenvalue weighted by Gasteiger charge is 2.26. The maximum absolute atomic E-state index is 14.0. The van der Waals surface area contributed by atoms with Crippen molar-refractivity contribution in [1.82, 2.24) is 9.55 Å². The summed E-state index contributed by atoms with van der Waals surface area (Å²) in [6.07, 6.45) is 3.23. The molecule has 4 aromatic rings. The summed E-state index contributed by atoms with van der Waals surface area (Å²) in [4.78, 5) is 33.7. The van der Waals surface area contributed by atoms with E-state index in [9.17, 15) is 9.59 Å². The first kappa shape index (κ1) is 31.7. The van der Waals surface area contributed by atoms with E-state index in [4.69, 9.17) is 14.2 Å². The number of esters is 1. The Kier molecular flexibility index (Phi) is 11.1. The normalized spacial score (nSPS) is 10.3.